The van der Waals surface area contributed by atoms with Gasteiger partial charge in [-0.3, -0.25) is 9.59 Å². The highest BCUT2D eigenvalue weighted by atomic mass is 32.1. The molecule has 1 amide bonds. The van der Waals surface area contributed by atoms with E-state index in [-0.39, 0.29) is 24.9 Å². The Morgan fingerprint density at radius 2 is 2.14 bits per heavy atom. The largest absolute Gasteiger partial charge is 0.467 e. The minimum absolute atomic E-state index is 0.0614. The average Bonchev–Trinajstić information content (AvgIpc) is 3.43. The van der Waals surface area contributed by atoms with Gasteiger partial charge in [0, 0.05) is 23.9 Å². The fourth-order valence-electron chi connectivity index (χ4n) is 3.14. The molecule has 1 atom stereocenters. The van der Waals surface area contributed by atoms with Crippen molar-refractivity contribution in [3.63, 3.8) is 0 Å². The van der Waals surface area contributed by atoms with Crippen LogP contribution in [0.1, 0.15) is 23.4 Å². The Hall–Kier alpha value is -2.93. The van der Waals surface area contributed by atoms with Crippen molar-refractivity contribution in [1.29, 1.82) is 0 Å². The highest BCUT2D eigenvalue weighted by Crippen LogP contribution is 2.25. The van der Waals surface area contributed by atoms with Crippen LogP contribution in [0, 0.1) is 12.8 Å². The van der Waals surface area contributed by atoms with Crippen molar-refractivity contribution in [1.82, 2.24) is 9.88 Å². The molecule has 144 valence electrons. The normalized spacial score (nSPS) is 16.5. The van der Waals surface area contributed by atoms with Crippen molar-refractivity contribution in [2.45, 2.75) is 26.5 Å². The summed E-state index contributed by atoms with van der Waals surface area (Å²) in [6.45, 7) is 2.88. The van der Waals surface area contributed by atoms with E-state index in [0.717, 1.165) is 10.6 Å². The molecule has 7 heteroatoms. The average molecular weight is 396 g/mol. The molecule has 1 aromatic carbocycles. The van der Waals surface area contributed by atoms with Crippen molar-refractivity contribution in [3.8, 4) is 10.6 Å². The maximum atomic E-state index is 12.4. The highest BCUT2D eigenvalue weighted by molar-refractivity contribution is 7.13. The molecule has 0 spiro atoms. The van der Waals surface area contributed by atoms with E-state index in [0.29, 0.717) is 24.5 Å². The molecule has 1 saturated heterocycles. The summed E-state index contributed by atoms with van der Waals surface area (Å²) in [5.41, 5.74) is 2.95. The zero-order valence-corrected chi connectivity index (χ0v) is 16.3. The number of hydrogen-bond acceptors (Lipinski definition) is 6. The van der Waals surface area contributed by atoms with Crippen molar-refractivity contribution >= 4 is 23.2 Å². The van der Waals surface area contributed by atoms with Crippen LogP contribution in [-0.4, -0.2) is 28.3 Å². The second kappa shape index (κ2) is 7.98. The van der Waals surface area contributed by atoms with Crippen molar-refractivity contribution in [3.05, 3.63) is 65.1 Å². The lowest BCUT2D eigenvalue weighted by Crippen LogP contribution is -2.26. The number of nitrogens with zero attached hydrogens (tertiary/aromatic N) is 2. The number of furan rings is 1. The van der Waals surface area contributed by atoms with Gasteiger partial charge in [-0.05, 0) is 19.1 Å². The predicted octanol–water partition coefficient (Wildman–Crippen LogP) is 3.80. The lowest BCUT2D eigenvalue weighted by molar-refractivity contribution is -0.149. The molecule has 1 aliphatic heterocycles. The number of ether oxygens (including phenoxy) is 1. The zero-order valence-electron chi connectivity index (χ0n) is 15.5. The van der Waals surface area contributed by atoms with Gasteiger partial charge in [0.1, 0.15) is 17.4 Å². The smallest absolute Gasteiger partial charge is 0.311 e. The first kappa shape index (κ1) is 18.4. The molecule has 2 aromatic heterocycles. The molecule has 1 aliphatic rings. The Kier molecular flexibility index (Phi) is 5.25. The van der Waals surface area contributed by atoms with Gasteiger partial charge in [0.15, 0.2) is 0 Å². The lowest BCUT2D eigenvalue weighted by atomic mass is 10.1. The molecular weight excluding hydrogens is 376 g/mol. The standard InChI is InChI=1S/C21H20N2O4S/c1-14-4-6-15(7-5-14)20-22-17(13-28-20)12-27-21(25)16-9-19(24)23(10-16)11-18-3-2-8-26-18/h2-8,13,16H,9-12H2,1H3/t16-/m0/s1. The van der Waals surface area contributed by atoms with Crippen LogP contribution in [-0.2, 0) is 27.5 Å². The van der Waals surface area contributed by atoms with E-state index in [1.165, 1.54) is 16.9 Å². The molecule has 3 heterocycles. The monoisotopic (exact) mass is 396 g/mol. The minimum Gasteiger partial charge on any atom is -0.467 e. The number of rotatable bonds is 6. The first-order valence-electron chi connectivity index (χ1n) is 9.07. The Bertz CT molecular complexity index is 963. The van der Waals surface area contributed by atoms with Crippen LogP contribution in [0.5, 0.6) is 0 Å². The van der Waals surface area contributed by atoms with Crippen LogP contribution in [0.25, 0.3) is 10.6 Å². The minimum atomic E-state index is -0.447. The molecular formula is C21H20N2O4S. The maximum Gasteiger partial charge on any atom is 0.311 e. The van der Waals surface area contributed by atoms with Crippen LogP contribution in [0.2, 0.25) is 0 Å². The van der Waals surface area contributed by atoms with Gasteiger partial charge in [0.25, 0.3) is 0 Å². The quantitative estimate of drug-likeness (QED) is 0.593. The number of aryl methyl sites for hydroxylation is 1. The summed E-state index contributed by atoms with van der Waals surface area (Å²) in [6.07, 6.45) is 1.74. The molecule has 0 radical (unpaired) electrons. The third kappa shape index (κ3) is 4.14. The maximum absolute atomic E-state index is 12.4. The van der Waals surface area contributed by atoms with E-state index in [1.807, 2.05) is 42.6 Å². The Balaban J connectivity index is 1.31. The van der Waals surface area contributed by atoms with E-state index >= 15 is 0 Å². The van der Waals surface area contributed by atoms with Gasteiger partial charge in [0.2, 0.25) is 5.91 Å². The first-order valence-corrected chi connectivity index (χ1v) is 9.94. The summed E-state index contributed by atoms with van der Waals surface area (Å²) < 4.78 is 10.7. The SMILES string of the molecule is Cc1ccc(-c2nc(COC(=O)[C@H]3CC(=O)N(Cc4ccco4)C3)cs2)cc1. The third-order valence-corrected chi connectivity index (χ3v) is 5.63. The van der Waals surface area contributed by atoms with Crippen LogP contribution in [0.3, 0.4) is 0 Å². The van der Waals surface area contributed by atoms with Gasteiger partial charge < -0.3 is 14.1 Å². The van der Waals surface area contributed by atoms with E-state index in [1.54, 1.807) is 17.2 Å². The first-order chi connectivity index (χ1) is 13.6. The number of likely N-dealkylation sites (tertiary alicyclic amines) is 1. The fraction of sp³-hybridized carbons (Fsp3) is 0.286. The van der Waals surface area contributed by atoms with Gasteiger partial charge in [-0.2, -0.15) is 0 Å². The van der Waals surface area contributed by atoms with Crippen LogP contribution in [0.4, 0.5) is 0 Å². The van der Waals surface area contributed by atoms with E-state index in [9.17, 15) is 9.59 Å². The summed E-state index contributed by atoms with van der Waals surface area (Å²) >= 11 is 1.52. The number of esters is 1. The van der Waals surface area contributed by atoms with Gasteiger partial charge in [-0.15, -0.1) is 11.3 Å². The van der Waals surface area contributed by atoms with E-state index in [2.05, 4.69) is 4.98 Å². The van der Waals surface area contributed by atoms with E-state index in [4.69, 9.17) is 9.15 Å². The summed E-state index contributed by atoms with van der Waals surface area (Å²) in [6, 6.07) is 11.7. The third-order valence-electron chi connectivity index (χ3n) is 4.69. The van der Waals surface area contributed by atoms with Gasteiger partial charge >= 0.3 is 5.97 Å². The number of aromatic nitrogens is 1. The number of hydrogen-bond donors (Lipinski definition) is 0. The highest BCUT2D eigenvalue weighted by Gasteiger charge is 2.35. The number of thiazole rings is 1. The van der Waals surface area contributed by atoms with Crippen molar-refractivity contribution in [2.24, 2.45) is 5.92 Å². The zero-order chi connectivity index (χ0) is 19.5. The number of amides is 1. The topological polar surface area (TPSA) is 72.6 Å². The van der Waals surface area contributed by atoms with Crippen molar-refractivity contribution < 1.29 is 18.7 Å². The summed E-state index contributed by atoms with van der Waals surface area (Å²) in [4.78, 5) is 30.7. The fourth-order valence-corrected chi connectivity index (χ4v) is 3.95. The molecule has 28 heavy (non-hydrogen) atoms. The molecule has 6 nitrogen and oxygen atoms in total. The summed E-state index contributed by atoms with van der Waals surface area (Å²) in [5, 5.41) is 2.79. The molecule has 1 fully saturated rings. The summed E-state index contributed by atoms with van der Waals surface area (Å²) in [7, 11) is 0. The molecule has 0 bridgehead atoms. The van der Waals surface area contributed by atoms with Gasteiger partial charge in [0.05, 0.1) is 24.4 Å². The van der Waals surface area contributed by atoms with Gasteiger partial charge in [-0.25, -0.2) is 4.98 Å². The number of carbonyl (C=O) groups is 2. The second-order valence-corrected chi connectivity index (χ2v) is 7.73. The molecule has 3 aromatic rings. The van der Waals surface area contributed by atoms with E-state index < -0.39 is 5.92 Å². The number of benzene rings is 1. The van der Waals surface area contributed by atoms with Gasteiger partial charge in [-0.1, -0.05) is 29.8 Å². The lowest BCUT2D eigenvalue weighted by Gasteiger charge is -2.14. The second-order valence-electron chi connectivity index (χ2n) is 6.87. The molecule has 0 aliphatic carbocycles. The Labute approximate surface area is 166 Å². The van der Waals surface area contributed by atoms with Crippen LogP contribution < -0.4 is 0 Å². The molecule has 0 saturated carbocycles. The molecule has 0 N–H and O–H groups in total. The van der Waals surface area contributed by atoms with Crippen molar-refractivity contribution in [2.75, 3.05) is 6.54 Å². The molecule has 4 rings (SSSR count). The number of carbonyl (C=O) groups excluding carboxylic acids is 2. The van der Waals surface area contributed by atoms with Crippen LogP contribution in [0.15, 0.2) is 52.5 Å². The Morgan fingerprint density at radius 3 is 2.89 bits per heavy atom. The molecule has 0 unspecified atom stereocenters. The predicted molar refractivity (Wildman–Crippen MR) is 104 cm³/mol. The Morgan fingerprint density at radius 1 is 1.32 bits per heavy atom. The van der Waals surface area contributed by atoms with Crippen LogP contribution >= 0.6 is 11.3 Å². The summed E-state index contributed by atoms with van der Waals surface area (Å²) in [5.74, 6) is -0.167.